The molecule has 2 N–H and O–H groups in total. The lowest BCUT2D eigenvalue weighted by Crippen LogP contribution is -2.41. The minimum Gasteiger partial charge on any atom is -0.476 e. The first kappa shape index (κ1) is 18.3. The number of aromatic nitrogens is 2. The summed E-state index contributed by atoms with van der Waals surface area (Å²) in [4.78, 5) is 22.6. The molecule has 0 aliphatic carbocycles. The van der Waals surface area contributed by atoms with Crippen LogP contribution in [0.15, 0.2) is 36.5 Å². The highest BCUT2D eigenvalue weighted by molar-refractivity contribution is 5.91. The zero-order valence-corrected chi connectivity index (χ0v) is 15.4. The van der Waals surface area contributed by atoms with Gasteiger partial charge < -0.3 is 10.4 Å². The van der Waals surface area contributed by atoms with Crippen LogP contribution in [0.1, 0.15) is 54.5 Å². The summed E-state index contributed by atoms with van der Waals surface area (Å²) in [5, 5.41) is 12.9. The third-order valence-corrected chi connectivity index (χ3v) is 4.64. The summed E-state index contributed by atoms with van der Waals surface area (Å²) in [7, 11) is 0. The molecule has 0 bridgehead atoms. The zero-order chi connectivity index (χ0) is 18.5. The number of rotatable bonds is 6. The average molecular weight is 354 g/mol. The summed E-state index contributed by atoms with van der Waals surface area (Å²) < 4.78 is 0. The SMILES string of the molecule is CC(C)c1ncc(NC2CCCN(Cc3ccccc3)C2)c(C(=O)O)n1. The minimum atomic E-state index is -1.02. The Morgan fingerprint density at radius 1 is 1.35 bits per heavy atom. The van der Waals surface area contributed by atoms with Gasteiger partial charge in [-0.15, -0.1) is 0 Å². The maximum absolute atomic E-state index is 11.6. The Bertz CT molecular complexity index is 749. The Balaban J connectivity index is 1.69. The molecule has 0 saturated carbocycles. The van der Waals surface area contributed by atoms with E-state index in [0.29, 0.717) is 11.5 Å². The predicted octanol–water partition coefficient (Wildman–Crippen LogP) is 3.37. The van der Waals surface area contributed by atoms with Gasteiger partial charge in [-0.3, -0.25) is 4.90 Å². The predicted molar refractivity (Wildman–Crippen MR) is 101 cm³/mol. The molecule has 2 heterocycles. The van der Waals surface area contributed by atoms with Crippen molar-refractivity contribution in [3.8, 4) is 0 Å². The van der Waals surface area contributed by atoms with Gasteiger partial charge in [0.05, 0.1) is 11.9 Å². The monoisotopic (exact) mass is 354 g/mol. The van der Waals surface area contributed by atoms with Crippen LogP contribution in [0.25, 0.3) is 0 Å². The Morgan fingerprint density at radius 3 is 2.81 bits per heavy atom. The standard InChI is InChI=1S/C20H26N4O2/c1-14(2)19-21-11-17(18(23-19)20(25)26)22-16-9-6-10-24(13-16)12-15-7-4-3-5-8-15/h3-5,7-8,11,14,16,22H,6,9-10,12-13H2,1-2H3,(H,25,26). The number of nitrogens with one attached hydrogen (secondary N) is 1. The maximum atomic E-state index is 11.6. The fraction of sp³-hybridized carbons (Fsp3) is 0.450. The third kappa shape index (κ3) is 4.58. The lowest BCUT2D eigenvalue weighted by Gasteiger charge is -2.33. The zero-order valence-electron chi connectivity index (χ0n) is 15.4. The maximum Gasteiger partial charge on any atom is 0.356 e. The van der Waals surface area contributed by atoms with Gasteiger partial charge in [0.15, 0.2) is 5.69 Å². The summed E-state index contributed by atoms with van der Waals surface area (Å²) >= 11 is 0. The molecule has 1 atom stereocenters. The van der Waals surface area contributed by atoms with Crippen LogP contribution >= 0.6 is 0 Å². The van der Waals surface area contributed by atoms with Gasteiger partial charge in [-0.1, -0.05) is 44.2 Å². The van der Waals surface area contributed by atoms with E-state index < -0.39 is 5.97 Å². The fourth-order valence-electron chi connectivity index (χ4n) is 3.32. The Morgan fingerprint density at radius 2 is 2.12 bits per heavy atom. The van der Waals surface area contributed by atoms with Crippen LogP contribution in [-0.2, 0) is 6.54 Å². The molecule has 3 rings (SSSR count). The van der Waals surface area contributed by atoms with Gasteiger partial charge in [0, 0.05) is 25.0 Å². The van der Waals surface area contributed by atoms with Crippen LogP contribution < -0.4 is 5.32 Å². The number of aromatic carboxylic acids is 1. The lowest BCUT2D eigenvalue weighted by atomic mass is 10.0. The second kappa shape index (κ2) is 8.27. The number of carbonyl (C=O) groups is 1. The molecule has 26 heavy (non-hydrogen) atoms. The molecule has 1 unspecified atom stereocenters. The Labute approximate surface area is 154 Å². The second-order valence-electron chi connectivity index (χ2n) is 7.15. The first-order valence-corrected chi connectivity index (χ1v) is 9.16. The number of hydrogen-bond donors (Lipinski definition) is 2. The van der Waals surface area contributed by atoms with Gasteiger partial charge in [0.1, 0.15) is 5.82 Å². The van der Waals surface area contributed by atoms with E-state index in [4.69, 9.17) is 0 Å². The van der Waals surface area contributed by atoms with Gasteiger partial charge in [0.2, 0.25) is 0 Å². The number of anilines is 1. The molecule has 1 aliphatic rings. The largest absolute Gasteiger partial charge is 0.476 e. The highest BCUT2D eigenvalue weighted by Crippen LogP contribution is 2.21. The van der Waals surface area contributed by atoms with E-state index in [2.05, 4.69) is 44.5 Å². The summed E-state index contributed by atoms with van der Waals surface area (Å²) in [5.41, 5.74) is 1.86. The van der Waals surface area contributed by atoms with Gasteiger partial charge in [-0.2, -0.15) is 0 Å². The first-order valence-electron chi connectivity index (χ1n) is 9.16. The molecule has 6 heteroatoms. The van der Waals surface area contributed by atoms with E-state index in [9.17, 15) is 9.90 Å². The summed E-state index contributed by atoms with van der Waals surface area (Å²) in [6.07, 6.45) is 3.70. The molecule has 0 amide bonds. The van der Waals surface area contributed by atoms with Crippen molar-refractivity contribution in [3.05, 3.63) is 53.6 Å². The van der Waals surface area contributed by atoms with Crippen molar-refractivity contribution < 1.29 is 9.90 Å². The van der Waals surface area contributed by atoms with Crippen LogP contribution in [-0.4, -0.2) is 45.1 Å². The van der Waals surface area contributed by atoms with Crippen molar-refractivity contribution in [2.24, 2.45) is 0 Å². The van der Waals surface area contributed by atoms with Crippen molar-refractivity contribution in [2.45, 2.75) is 45.2 Å². The van der Waals surface area contributed by atoms with Crippen LogP contribution in [0, 0.1) is 0 Å². The smallest absolute Gasteiger partial charge is 0.356 e. The van der Waals surface area contributed by atoms with E-state index >= 15 is 0 Å². The highest BCUT2D eigenvalue weighted by Gasteiger charge is 2.23. The summed E-state index contributed by atoms with van der Waals surface area (Å²) in [6, 6.07) is 10.6. The second-order valence-corrected chi connectivity index (χ2v) is 7.15. The fourth-order valence-corrected chi connectivity index (χ4v) is 3.32. The van der Waals surface area contributed by atoms with Crippen molar-refractivity contribution in [2.75, 3.05) is 18.4 Å². The molecule has 1 aliphatic heterocycles. The topological polar surface area (TPSA) is 78.4 Å². The molecule has 1 aromatic carbocycles. The van der Waals surface area contributed by atoms with Crippen LogP contribution in [0.2, 0.25) is 0 Å². The van der Waals surface area contributed by atoms with Crippen LogP contribution in [0.3, 0.4) is 0 Å². The van der Waals surface area contributed by atoms with Crippen molar-refractivity contribution in [3.63, 3.8) is 0 Å². The van der Waals surface area contributed by atoms with Crippen molar-refractivity contribution in [1.29, 1.82) is 0 Å². The van der Waals surface area contributed by atoms with E-state index in [1.54, 1.807) is 6.20 Å². The van der Waals surface area contributed by atoms with E-state index in [1.807, 2.05) is 19.9 Å². The normalized spacial score (nSPS) is 18.0. The van der Waals surface area contributed by atoms with Crippen molar-refractivity contribution >= 4 is 11.7 Å². The number of carboxylic acid groups (broad SMARTS) is 1. The van der Waals surface area contributed by atoms with Crippen LogP contribution in [0.4, 0.5) is 5.69 Å². The number of nitrogens with zero attached hydrogens (tertiary/aromatic N) is 3. The number of hydrogen-bond acceptors (Lipinski definition) is 5. The van der Waals surface area contributed by atoms with Gasteiger partial charge in [-0.05, 0) is 24.9 Å². The summed E-state index contributed by atoms with van der Waals surface area (Å²) in [6.45, 7) is 6.75. The van der Waals surface area contributed by atoms with Gasteiger partial charge >= 0.3 is 5.97 Å². The molecule has 6 nitrogen and oxygen atoms in total. The summed E-state index contributed by atoms with van der Waals surface area (Å²) in [5.74, 6) is -0.366. The van der Waals surface area contributed by atoms with E-state index in [0.717, 1.165) is 32.5 Å². The Kier molecular flexibility index (Phi) is 5.83. The number of piperidine rings is 1. The molecule has 0 spiro atoms. The molecule has 1 aromatic heterocycles. The van der Waals surface area contributed by atoms with E-state index in [1.165, 1.54) is 5.56 Å². The average Bonchev–Trinajstić information content (AvgIpc) is 2.63. The molecular formula is C20H26N4O2. The molecule has 1 saturated heterocycles. The number of carboxylic acids is 1. The third-order valence-electron chi connectivity index (χ3n) is 4.64. The quantitative estimate of drug-likeness (QED) is 0.828. The molecule has 138 valence electrons. The molecule has 2 aromatic rings. The number of likely N-dealkylation sites (tertiary alicyclic amines) is 1. The molecular weight excluding hydrogens is 328 g/mol. The lowest BCUT2D eigenvalue weighted by molar-refractivity contribution is 0.0691. The first-order chi connectivity index (χ1) is 12.5. The Hall–Kier alpha value is -2.47. The molecule has 1 fully saturated rings. The number of benzene rings is 1. The van der Waals surface area contributed by atoms with Gasteiger partial charge in [-0.25, -0.2) is 14.8 Å². The van der Waals surface area contributed by atoms with Crippen molar-refractivity contribution in [1.82, 2.24) is 14.9 Å². The molecule has 0 radical (unpaired) electrons. The highest BCUT2D eigenvalue weighted by atomic mass is 16.4. The van der Waals surface area contributed by atoms with E-state index in [-0.39, 0.29) is 17.7 Å². The van der Waals surface area contributed by atoms with Gasteiger partial charge in [0.25, 0.3) is 0 Å². The minimum absolute atomic E-state index is 0.0592. The van der Waals surface area contributed by atoms with Crippen LogP contribution in [0.5, 0.6) is 0 Å².